The maximum absolute atomic E-state index is 13.2. The molecule has 1 aromatic carbocycles. The molecule has 3 heterocycles. The lowest BCUT2D eigenvalue weighted by Gasteiger charge is -2.11. The highest BCUT2D eigenvalue weighted by Crippen LogP contribution is 2.28. The zero-order chi connectivity index (χ0) is 21.4. The molecule has 30 heavy (non-hydrogen) atoms. The molecule has 9 heteroatoms. The molecule has 0 fully saturated rings. The Morgan fingerprint density at radius 1 is 1.27 bits per heavy atom. The summed E-state index contributed by atoms with van der Waals surface area (Å²) in [6.45, 7) is 5.71. The van der Waals surface area contributed by atoms with E-state index in [1.807, 2.05) is 13.8 Å². The second-order valence-corrected chi connectivity index (χ2v) is 7.16. The Hall–Kier alpha value is -4.01. The summed E-state index contributed by atoms with van der Waals surface area (Å²) in [5, 5.41) is 18.8. The highest BCUT2D eigenvalue weighted by Gasteiger charge is 2.20. The molecular formula is C21H19N5O4. The van der Waals surface area contributed by atoms with Gasteiger partial charge in [-0.05, 0) is 44.5 Å². The fourth-order valence-corrected chi connectivity index (χ4v) is 3.18. The van der Waals surface area contributed by atoms with Crippen LogP contribution < -0.4 is 5.32 Å². The van der Waals surface area contributed by atoms with Gasteiger partial charge in [0.1, 0.15) is 5.69 Å². The quantitative estimate of drug-likeness (QED) is 0.379. The van der Waals surface area contributed by atoms with E-state index in [1.54, 1.807) is 42.1 Å². The zero-order valence-electron chi connectivity index (χ0n) is 16.6. The van der Waals surface area contributed by atoms with Crippen molar-refractivity contribution in [2.75, 3.05) is 5.32 Å². The molecule has 4 rings (SSSR count). The molecule has 4 aromatic rings. The van der Waals surface area contributed by atoms with Gasteiger partial charge in [0.05, 0.1) is 34.0 Å². The van der Waals surface area contributed by atoms with Gasteiger partial charge < -0.3 is 9.73 Å². The molecule has 0 aliphatic carbocycles. The summed E-state index contributed by atoms with van der Waals surface area (Å²) in [6, 6.07) is 9.52. The van der Waals surface area contributed by atoms with Crippen LogP contribution >= 0.6 is 0 Å². The predicted molar refractivity (Wildman–Crippen MR) is 111 cm³/mol. The van der Waals surface area contributed by atoms with E-state index in [1.165, 1.54) is 18.4 Å². The summed E-state index contributed by atoms with van der Waals surface area (Å²) < 4.78 is 7.19. The topological polar surface area (TPSA) is 116 Å². The largest absolute Gasteiger partial charge is 0.463 e. The summed E-state index contributed by atoms with van der Waals surface area (Å²) in [7, 11) is 0. The third kappa shape index (κ3) is 3.41. The van der Waals surface area contributed by atoms with Crippen molar-refractivity contribution in [2.24, 2.45) is 0 Å². The van der Waals surface area contributed by atoms with Crippen molar-refractivity contribution in [3.63, 3.8) is 0 Å². The number of carbonyl (C=O) groups excluding carboxylic acids is 1. The molecule has 0 spiro atoms. The molecule has 3 aromatic heterocycles. The number of amides is 1. The number of rotatable bonds is 5. The number of hydrogen-bond acceptors (Lipinski definition) is 6. The number of non-ortho nitro benzene ring substituents is 1. The maximum atomic E-state index is 13.2. The number of nitro groups is 1. The Kier molecular flexibility index (Phi) is 4.78. The SMILES string of the molecule is Cc1ccc([N+](=O)[O-])cc1NC(=O)c1cc(-c2ccco2)nc2c1cnn2C(C)C. The number of hydrogen-bond donors (Lipinski definition) is 1. The first-order chi connectivity index (χ1) is 14.3. The third-order valence-corrected chi connectivity index (χ3v) is 4.75. The van der Waals surface area contributed by atoms with Gasteiger partial charge in [-0.15, -0.1) is 0 Å². The Morgan fingerprint density at radius 3 is 2.73 bits per heavy atom. The molecule has 0 atom stereocenters. The molecule has 152 valence electrons. The average Bonchev–Trinajstić information content (AvgIpc) is 3.38. The summed E-state index contributed by atoms with van der Waals surface area (Å²) in [5.74, 6) is 0.107. The van der Waals surface area contributed by atoms with Gasteiger partial charge in [-0.25, -0.2) is 9.67 Å². The molecule has 0 unspecified atom stereocenters. The van der Waals surface area contributed by atoms with Crippen LogP contribution in [0.3, 0.4) is 0 Å². The number of nitro benzene ring substituents is 1. The van der Waals surface area contributed by atoms with Gasteiger partial charge in [0.15, 0.2) is 11.4 Å². The summed E-state index contributed by atoms with van der Waals surface area (Å²) in [4.78, 5) is 28.4. The second kappa shape index (κ2) is 7.43. The van der Waals surface area contributed by atoms with Crippen molar-refractivity contribution in [1.29, 1.82) is 0 Å². The van der Waals surface area contributed by atoms with E-state index in [0.29, 0.717) is 39.3 Å². The van der Waals surface area contributed by atoms with Gasteiger partial charge in [-0.1, -0.05) is 6.07 Å². The van der Waals surface area contributed by atoms with Crippen LogP contribution in [0.4, 0.5) is 11.4 Å². The Labute approximate surface area is 171 Å². The standard InChI is InChI=1S/C21H19N5O4/c1-12(2)25-20-16(11-22-25)15(10-18(23-20)19-5-4-8-30-19)21(27)24-17-9-14(26(28)29)7-6-13(17)3/h4-12H,1-3H3,(H,24,27). The minimum Gasteiger partial charge on any atom is -0.463 e. The van der Waals surface area contributed by atoms with Crippen molar-refractivity contribution in [3.8, 4) is 11.5 Å². The minimum absolute atomic E-state index is 0.0387. The number of benzene rings is 1. The van der Waals surface area contributed by atoms with Crippen molar-refractivity contribution < 1.29 is 14.1 Å². The number of nitrogens with one attached hydrogen (secondary N) is 1. The number of aryl methyl sites for hydroxylation is 1. The van der Waals surface area contributed by atoms with Gasteiger partial charge in [0.25, 0.3) is 11.6 Å². The van der Waals surface area contributed by atoms with Crippen LogP contribution in [0.15, 0.2) is 53.3 Å². The van der Waals surface area contributed by atoms with E-state index in [0.717, 1.165) is 0 Å². The lowest BCUT2D eigenvalue weighted by molar-refractivity contribution is -0.384. The highest BCUT2D eigenvalue weighted by molar-refractivity contribution is 6.12. The fourth-order valence-electron chi connectivity index (χ4n) is 3.18. The third-order valence-electron chi connectivity index (χ3n) is 4.75. The van der Waals surface area contributed by atoms with E-state index in [2.05, 4.69) is 15.4 Å². The molecular weight excluding hydrogens is 386 g/mol. The second-order valence-electron chi connectivity index (χ2n) is 7.16. The Bertz CT molecular complexity index is 1260. The Balaban J connectivity index is 1.83. The van der Waals surface area contributed by atoms with Crippen LogP contribution in [0.1, 0.15) is 35.8 Å². The minimum atomic E-state index is -0.499. The Morgan fingerprint density at radius 2 is 2.07 bits per heavy atom. The number of carbonyl (C=O) groups is 1. The van der Waals surface area contributed by atoms with Crippen molar-refractivity contribution >= 4 is 28.3 Å². The van der Waals surface area contributed by atoms with E-state index < -0.39 is 10.8 Å². The van der Waals surface area contributed by atoms with Gasteiger partial charge in [-0.2, -0.15) is 5.10 Å². The van der Waals surface area contributed by atoms with Gasteiger partial charge in [0.2, 0.25) is 0 Å². The lowest BCUT2D eigenvalue weighted by atomic mass is 10.1. The molecule has 1 N–H and O–H groups in total. The van der Waals surface area contributed by atoms with Crippen LogP contribution in [0.25, 0.3) is 22.5 Å². The summed E-state index contributed by atoms with van der Waals surface area (Å²) in [6.07, 6.45) is 3.14. The first-order valence-electron chi connectivity index (χ1n) is 9.33. The summed E-state index contributed by atoms with van der Waals surface area (Å²) in [5.41, 5.74) is 2.39. The normalized spacial score (nSPS) is 11.2. The monoisotopic (exact) mass is 405 g/mol. The number of anilines is 1. The molecule has 0 bridgehead atoms. The lowest BCUT2D eigenvalue weighted by Crippen LogP contribution is -2.14. The van der Waals surface area contributed by atoms with Crippen LogP contribution in [0.2, 0.25) is 0 Å². The van der Waals surface area contributed by atoms with Gasteiger partial charge in [0, 0.05) is 18.2 Å². The number of fused-ring (bicyclic) bond motifs is 1. The molecule has 0 aliphatic rings. The maximum Gasteiger partial charge on any atom is 0.271 e. The van der Waals surface area contributed by atoms with E-state index in [-0.39, 0.29) is 11.7 Å². The van der Waals surface area contributed by atoms with Crippen LogP contribution in [-0.2, 0) is 0 Å². The van der Waals surface area contributed by atoms with E-state index in [9.17, 15) is 14.9 Å². The fraction of sp³-hybridized carbons (Fsp3) is 0.190. The number of nitrogens with zero attached hydrogens (tertiary/aromatic N) is 4. The van der Waals surface area contributed by atoms with Crippen LogP contribution in [0, 0.1) is 17.0 Å². The summed E-state index contributed by atoms with van der Waals surface area (Å²) >= 11 is 0. The average molecular weight is 405 g/mol. The number of aromatic nitrogens is 3. The molecule has 0 radical (unpaired) electrons. The van der Waals surface area contributed by atoms with Crippen molar-refractivity contribution in [2.45, 2.75) is 26.8 Å². The first kappa shape index (κ1) is 19.3. The molecule has 0 aliphatic heterocycles. The predicted octanol–water partition coefficient (Wildman–Crippen LogP) is 4.74. The smallest absolute Gasteiger partial charge is 0.271 e. The van der Waals surface area contributed by atoms with Gasteiger partial charge in [-0.3, -0.25) is 14.9 Å². The van der Waals surface area contributed by atoms with Gasteiger partial charge >= 0.3 is 0 Å². The molecule has 0 saturated carbocycles. The highest BCUT2D eigenvalue weighted by atomic mass is 16.6. The number of pyridine rings is 1. The molecule has 9 nitrogen and oxygen atoms in total. The molecule has 1 amide bonds. The van der Waals surface area contributed by atoms with E-state index in [4.69, 9.17) is 4.42 Å². The van der Waals surface area contributed by atoms with E-state index >= 15 is 0 Å². The first-order valence-corrected chi connectivity index (χ1v) is 9.33. The van der Waals surface area contributed by atoms with Crippen LogP contribution in [0.5, 0.6) is 0 Å². The van der Waals surface area contributed by atoms with Crippen molar-refractivity contribution in [1.82, 2.24) is 14.8 Å². The van der Waals surface area contributed by atoms with Crippen LogP contribution in [-0.4, -0.2) is 25.6 Å². The molecule has 0 saturated heterocycles. The zero-order valence-corrected chi connectivity index (χ0v) is 16.6. The van der Waals surface area contributed by atoms with Crippen molar-refractivity contribution in [3.05, 3.63) is 70.1 Å². The number of furan rings is 1.